The normalized spacial score (nSPS) is 16.4. The fourth-order valence-electron chi connectivity index (χ4n) is 2.78. The molecule has 1 aliphatic heterocycles. The van der Waals surface area contributed by atoms with Gasteiger partial charge in [0, 0.05) is 50.9 Å². The van der Waals surface area contributed by atoms with Crippen LogP contribution in [0.25, 0.3) is 0 Å². The molecule has 0 aromatic carbocycles. The minimum absolute atomic E-state index is 0.0444. The molecule has 1 aromatic heterocycles. The van der Waals surface area contributed by atoms with Crippen LogP contribution in [0.4, 0.5) is 13.2 Å². The number of nitrogens with zero attached hydrogens (tertiary/aromatic N) is 4. The van der Waals surface area contributed by atoms with E-state index >= 15 is 0 Å². The SMILES string of the molecule is CC(=O)NCC(=O)N1Cc2nccn2CC(CN(C)C(C)C)C1.O=C(O)C(F)(F)F. The standard InChI is InChI=1S/C16H27N5O2.C2HF3O2/c1-12(2)19(4)8-14-9-20-6-5-17-15(20)11-21(10-14)16(23)7-18-13(3)22;3-2(4,5)1(6)7/h5-6,12,14H,7-11H2,1-4H3,(H,18,22);(H,6,7). The number of alkyl halides is 3. The minimum Gasteiger partial charge on any atom is -0.475 e. The van der Waals surface area contributed by atoms with Crippen LogP contribution in [-0.4, -0.2) is 81.1 Å². The van der Waals surface area contributed by atoms with E-state index in [1.54, 1.807) is 11.1 Å². The van der Waals surface area contributed by atoms with Gasteiger partial charge < -0.3 is 24.8 Å². The lowest BCUT2D eigenvalue weighted by atomic mass is 10.1. The van der Waals surface area contributed by atoms with Gasteiger partial charge in [0.1, 0.15) is 5.82 Å². The first-order chi connectivity index (χ1) is 13.8. The molecule has 12 heteroatoms. The molecule has 2 amide bonds. The van der Waals surface area contributed by atoms with Gasteiger partial charge in [-0.3, -0.25) is 9.59 Å². The van der Waals surface area contributed by atoms with Gasteiger partial charge in [0.25, 0.3) is 0 Å². The predicted octanol–water partition coefficient (Wildman–Crippen LogP) is 0.951. The fraction of sp³-hybridized carbons (Fsp3) is 0.667. The third-order valence-corrected chi connectivity index (χ3v) is 4.58. The highest BCUT2D eigenvalue weighted by atomic mass is 19.4. The molecule has 0 aliphatic carbocycles. The molecule has 170 valence electrons. The van der Waals surface area contributed by atoms with E-state index in [9.17, 15) is 22.8 Å². The lowest BCUT2D eigenvalue weighted by molar-refractivity contribution is -0.192. The summed E-state index contributed by atoms with van der Waals surface area (Å²) >= 11 is 0. The Balaban J connectivity index is 0.000000553. The number of nitrogens with one attached hydrogen (secondary N) is 1. The summed E-state index contributed by atoms with van der Waals surface area (Å²) in [5.41, 5.74) is 0. The second kappa shape index (κ2) is 11.0. The van der Waals surface area contributed by atoms with Crippen LogP contribution in [0.3, 0.4) is 0 Å². The van der Waals surface area contributed by atoms with Gasteiger partial charge >= 0.3 is 12.1 Å². The third kappa shape index (κ3) is 8.39. The zero-order valence-electron chi connectivity index (χ0n) is 17.4. The van der Waals surface area contributed by atoms with Gasteiger partial charge in [-0.25, -0.2) is 9.78 Å². The maximum atomic E-state index is 12.4. The van der Waals surface area contributed by atoms with E-state index in [0.29, 0.717) is 25.0 Å². The number of hydrogen-bond acceptors (Lipinski definition) is 5. The smallest absolute Gasteiger partial charge is 0.475 e. The number of carbonyl (C=O) groups is 3. The van der Waals surface area contributed by atoms with Crippen molar-refractivity contribution in [2.24, 2.45) is 5.92 Å². The molecular formula is C18H28F3N5O4. The van der Waals surface area contributed by atoms with Gasteiger partial charge in [-0.2, -0.15) is 13.2 Å². The zero-order chi connectivity index (χ0) is 23.1. The molecule has 1 unspecified atom stereocenters. The molecule has 2 N–H and O–H groups in total. The quantitative estimate of drug-likeness (QED) is 0.713. The summed E-state index contributed by atoms with van der Waals surface area (Å²) in [6.07, 6.45) is -1.33. The van der Waals surface area contributed by atoms with Crippen molar-refractivity contribution in [3.05, 3.63) is 18.2 Å². The molecule has 0 bridgehead atoms. The van der Waals surface area contributed by atoms with Crippen molar-refractivity contribution in [3.63, 3.8) is 0 Å². The minimum atomic E-state index is -5.08. The highest BCUT2D eigenvalue weighted by Gasteiger charge is 2.38. The number of imidazole rings is 1. The number of carboxylic acids is 1. The van der Waals surface area contributed by atoms with E-state index in [2.05, 4.69) is 40.7 Å². The molecule has 2 rings (SSSR count). The predicted molar refractivity (Wildman–Crippen MR) is 101 cm³/mol. The van der Waals surface area contributed by atoms with Crippen molar-refractivity contribution in [1.29, 1.82) is 0 Å². The van der Waals surface area contributed by atoms with E-state index < -0.39 is 12.1 Å². The van der Waals surface area contributed by atoms with Crippen molar-refractivity contribution in [2.75, 3.05) is 26.7 Å². The van der Waals surface area contributed by atoms with Gasteiger partial charge in [0.2, 0.25) is 11.8 Å². The Morgan fingerprint density at radius 3 is 2.43 bits per heavy atom. The maximum Gasteiger partial charge on any atom is 0.490 e. The van der Waals surface area contributed by atoms with Crippen LogP contribution >= 0.6 is 0 Å². The van der Waals surface area contributed by atoms with E-state index in [1.807, 2.05) is 6.20 Å². The number of carbonyl (C=O) groups excluding carboxylic acids is 2. The topological polar surface area (TPSA) is 108 Å². The van der Waals surface area contributed by atoms with Crippen molar-refractivity contribution in [3.8, 4) is 0 Å². The van der Waals surface area contributed by atoms with E-state index in [-0.39, 0.29) is 18.4 Å². The number of hydrogen-bond donors (Lipinski definition) is 2. The average molecular weight is 435 g/mol. The van der Waals surface area contributed by atoms with Crippen LogP contribution in [0.2, 0.25) is 0 Å². The molecule has 1 atom stereocenters. The van der Waals surface area contributed by atoms with Gasteiger partial charge in [0.05, 0.1) is 13.1 Å². The number of amides is 2. The number of aliphatic carboxylic acids is 1. The average Bonchev–Trinajstić information content (AvgIpc) is 2.97. The zero-order valence-corrected chi connectivity index (χ0v) is 17.4. The molecule has 1 aromatic rings. The monoisotopic (exact) mass is 435 g/mol. The molecule has 0 radical (unpaired) electrons. The molecule has 1 aliphatic rings. The van der Waals surface area contributed by atoms with Crippen molar-refractivity contribution in [2.45, 2.75) is 46.1 Å². The summed E-state index contributed by atoms with van der Waals surface area (Å²) in [5, 5.41) is 9.71. The largest absolute Gasteiger partial charge is 0.490 e. The van der Waals surface area contributed by atoms with Crippen LogP contribution in [0.5, 0.6) is 0 Å². The highest BCUT2D eigenvalue weighted by molar-refractivity contribution is 5.83. The Morgan fingerprint density at radius 2 is 1.93 bits per heavy atom. The van der Waals surface area contributed by atoms with Gasteiger partial charge in [-0.1, -0.05) is 0 Å². The number of carboxylic acid groups (broad SMARTS) is 1. The van der Waals surface area contributed by atoms with E-state index in [1.165, 1.54) is 6.92 Å². The van der Waals surface area contributed by atoms with Crippen LogP contribution in [-0.2, 0) is 27.5 Å². The highest BCUT2D eigenvalue weighted by Crippen LogP contribution is 2.17. The van der Waals surface area contributed by atoms with Crippen LogP contribution in [0.15, 0.2) is 12.4 Å². The Morgan fingerprint density at radius 1 is 1.33 bits per heavy atom. The summed E-state index contributed by atoms with van der Waals surface area (Å²) in [6, 6.07) is 0.462. The van der Waals surface area contributed by atoms with Crippen LogP contribution in [0, 0.1) is 5.92 Å². The summed E-state index contributed by atoms with van der Waals surface area (Å²) in [5.74, 6) is -1.78. The lowest BCUT2D eigenvalue weighted by Crippen LogP contribution is -2.43. The molecule has 30 heavy (non-hydrogen) atoms. The van der Waals surface area contributed by atoms with Crippen molar-refractivity contribution < 1.29 is 32.7 Å². The molecule has 0 fully saturated rings. The number of rotatable bonds is 5. The Labute approximate surface area is 172 Å². The fourth-order valence-corrected chi connectivity index (χ4v) is 2.78. The van der Waals surface area contributed by atoms with Crippen LogP contribution < -0.4 is 5.32 Å². The number of halogens is 3. The summed E-state index contributed by atoms with van der Waals surface area (Å²) in [4.78, 5) is 40.8. The van der Waals surface area contributed by atoms with Crippen molar-refractivity contribution in [1.82, 2.24) is 24.7 Å². The lowest BCUT2D eigenvalue weighted by Gasteiger charge is -2.29. The molecular weight excluding hydrogens is 407 g/mol. The van der Waals surface area contributed by atoms with Gasteiger partial charge in [-0.15, -0.1) is 0 Å². The first kappa shape index (κ1) is 25.4. The summed E-state index contributed by atoms with van der Waals surface area (Å²) < 4.78 is 33.9. The second-order valence-electron chi connectivity index (χ2n) is 7.38. The molecule has 0 saturated carbocycles. The van der Waals surface area contributed by atoms with Gasteiger partial charge in [-0.05, 0) is 20.9 Å². The van der Waals surface area contributed by atoms with Crippen LogP contribution in [0.1, 0.15) is 26.6 Å². The third-order valence-electron chi connectivity index (χ3n) is 4.58. The Bertz CT molecular complexity index is 736. The Kier molecular flexibility index (Phi) is 9.27. The number of fused-ring (bicyclic) bond motifs is 1. The molecule has 2 heterocycles. The van der Waals surface area contributed by atoms with E-state index in [0.717, 1.165) is 18.9 Å². The summed E-state index contributed by atoms with van der Waals surface area (Å²) in [7, 11) is 2.11. The molecule has 0 saturated heterocycles. The van der Waals surface area contributed by atoms with Gasteiger partial charge in [0.15, 0.2) is 0 Å². The first-order valence-corrected chi connectivity index (χ1v) is 9.33. The number of aromatic nitrogens is 2. The maximum absolute atomic E-state index is 12.4. The first-order valence-electron chi connectivity index (χ1n) is 9.33. The van der Waals surface area contributed by atoms with E-state index in [4.69, 9.17) is 9.90 Å². The second-order valence-corrected chi connectivity index (χ2v) is 7.38. The summed E-state index contributed by atoms with van der Waals surface area (Å²) in [6.45, 7) is 8.74. The molecule has 0 spiro atoms. The molecule has 9 nitrogen and oxygen atoms in total. The van der Waals surface area contributed by atoms with Crippen molar-refractivity contribution >= 4 is 17.8 Å². The Hall–Kier alpha value is -2.63.